The Hall–Kier alpha value is -0.0400. The predicted octanol–water partition coefficient (Wildman–Crippen LogP) is 2.35. The SMILES string of the molecule is C[C@@H]1CCC2CCC(C1)O2. The van der Waals surface area contributed by atoms with Crippen molar-refractivity contribution >= 4 is 0 Å². The first-order valence-corrected chi connectivity index (χ1v) is 4.50. The molecule has 2 aliphatic rings. The summed E-state index contributed by atoms with van der Waals surface area (Å²) in [5.41, 5.74) is 0. The fourth-order valence-corrected chi connectivity index (χ4v) is 2.20. The fourth-order valence-electron chi connectivity index (χ4n) is 2.20. The molecule has 0 aliphatic carbocycles. The molecule has 0 aromatic rings. The highest BCUT2D eigenvalue weighted by Crippen LogP contribution is 2.33. The topological polar surface area (TPSA) is 9.23 Å². The third kappa shape index (κ3) is 1.20. The van der Waals surface area contributed by atoms with Crippen molar-refractivity contribution in [3.63, 3.8) is 0 Å². The van der Waals surface area contributed by atoms with Crippen molar-refractivity contribution in [3.05, 3.63) is 0 Å². The molecule has 1 heteroatoms. The van der Waals surface area contributed by atoms with E-state index in [4.69, 9.17) is 4.74 Å². The van der Waals surface area contributed by atoms with Crippen LogP contribution in [0.1, 0.15) is 39.0 Å². The van der Waals surface area contributed by atoms with Crippen LogP contribution in [0, 0.1) is 5.92 Å². The van der Waals surface area contributed by atoms with E-state index in [2.05, 4.69) is 6.92 Å². The van der Waals surface area contributed by atoms with E-state index in [0.29, 0.717) is 12.2 Å². The van der Waals surface area contributed by atoms with Gasteiger partial charge in [0.1, 0.15) is 0 Å². The van der Waals surface area contributed by atoms with Gasteiger partial charge in [0.15, 0.2) is 0 Å². The standard InChI is InChI=1S/C9H16O/c1-7-2-3-8-4-5-9(6-7)10-8/h7-9H,2-6H2,1H3/t7-,8?,9?/m1/s1. The summed E-state index contributed by atoms with van der Waals surface area (Å²) in [6, 6.07) is 0. The zero-order valence-electron chi connectivity index (χ0n) is 6.68. The summed E-state index contributed by atoms with van der Waals surface area (Å²) >= 11 is 0. The number of hydrogen-bond acceptors (Lipinski definition) is 1. The number of hydrogen-bond donors (Lipinski definition) is 0. The van der Waals surface area contributed by atoms with Crippen LogP contribution in [0.5, 0.6) is 0 Å². The van der Waals surface area contributed by atoms with Crippen molar-refractivity contribution in [3.8, 4) is 0 Å². The molecule has 2 aliphatic heterocycles. The van der Waals surface area contributed by atoms with Crippen LogP contribution >= 0.6 is 0 Å². The molecule has 2 fully saturated rings. The largest absolute Gasteiger partial charge is 0.375 e. The highest BCUT2D eigenvalue weighted by molar-refractivity contribution is 4.79. The Morgan fingerprint density at radius 3 is 2.60 bits per heavy atom. The molecule has 10 heavy (non-hydrogen) atoms. The first kappa shape index (κ1) is 6.66. The lowest BCUT2D eigenvalue weighted by Gasteiger charge is -2.11. The highest BCUT2D eigenvalue weighted by atomic mass is 16.5. The van der Waals surface area contributed by atoms with E-state index >= 15 is 0 Å². The van der Waals surface area contributed by atoms with Crippen LogP contribution < -0.4 is 0 Å². The molecule has 3 atom stereocenters. The van der Waals surface area contributed by atoms with Gasteiger partial charge in [0.05, 0.1) is 12.2 Å². The second-order valence-corrected chi connectivity index (χ2v) is 3.88. The highest BCUT2D eigenvalue weighted by Gasteiger charge is 2.29. The Bertz CT molecular complexity index is 122. The molecule has 2 saturated heterocycles. The molecular formula is C9H16O. The number of rotatable bonds is 0. The average molecular weight is 140 g/mol. The lowest BCUT2D eigenvalue weighted by atomic mass is 9.93. The molecule has 2 bridgehead atoms. The smallest absolute Gasteiger partial charge is 0.0582 e. The first-order chi connectivity index (χ1) is 4.84. The maximum absolute atomic E-state index is 5.79. The normalized spacial score (nSPS) is 47.1. The van der Waals surface area contributed by atoms with E-state index in [1.807, 2.05) is 0 Å². The predicted molar refractivity (Wildman–Crippen MR) is 40.9 cm³/mol. The third-order valence-electron chi connectivity index (χ3n) is 2.84. The van der Waals surface area contributed by atoms with Crippen LogP contribution in [-0.2, 0) is 4.74 Å². The Kier molecular flexibility index (Phi) is 1.69. The quantitative estimate of drug-likeness (QED) is 0.502. The van der Waals surface area contributed by atoms with Gasteiger partial charge < -0.3 is 4.74 Å². The van der Waals surface area contributed by atoms with E-state index in [9.17, 15) is 0 Å². The second kappa shape index (κ2) is 2.54. The summed E-state index contributed by atoms with van der Waals surface area (Å²) in [6.45, 7) is 2.35. The summed E-state index contributed by atoms with van der Waals surface area (Å²) in [7, 11) is 0. The van der Waals surface area contributed by atoms with Gasteiger partial charge in [-0.1, -0.05) is 6.92 Å². The number of ether oxygens (including phenoxy) is 1. The Labute approximate surface area is 62.8 Å². The van der Waals surface area contributed by atoms with Gasteiger partial charge in [0.25, 0.3) is 0 Å². The molecule has 0 spiro atoms. The van der Waals surface area contributed by atoms with E-state index in [1.54, 1.807) is 0 Å². The Morgan fingerprint density at radius 1 is 1.00 bits per heavy atom. The first-order valence-electron chi connectivity index (χ1n) is 4.50. The molecule has 0 radical (unpaired) electrons. The van der Waals surface area contributed by atoms with Crippen LogP contribution in [0.3, 0.4) is 0 Å². The number of fused-ring (bicyclic) bond motifs is 2. The monoisotopic (exact) mass is 140 g/mol. The molecule has 0 saturated carbocycles. The van der Waals surface area contributed by atoms with Crippen molar-refractivity contribution in [2.24, 2.45) is 5.92 Å². The van der Waals surface area contributed by atoms with Gasteiger partial charge in [-0.05, 0) is 38.0 Å². The molecular weight excluding hydrogens is 124 g/mol. The average Bonchev–Trinajstić information content (AvgIpc) is 2.22. The van der Waals surface area contributed by atoms with Crippen LogP contribution in [0.4, 0.5) is 0 Å². The molecule has 0 aromatic heterocycles. The maximum Gasteiger partial charge on any atom is 0.0582 e. The molecule has 58 valence electrons. The van der Waals surface area contributed by atoms with E-state index in [-0.39, 0.29) is 0 Å². The van der Waals surface area contributed by atoms with Gasteiger partial charge in [0.2, 0.25) is 0 Å². The minimum atomic E-state index is 0.627. The van der Waals surface area contributed by atoms with Crippen LogP contribution in [0.2, 0.25) is 0 Å². The van der Waals surface area contributed by atoms with Crippen molar-refractivity contribution < 1.29 is 4.74 Å². The molecule has 1 nitrogen and oxygen atoms in total. The minimum Gasteiger partial charge on any atom is -0.375 e. The van der Waals surface area contributed by atoms with Crippen LogP contribution in [-0.4, -0.2) is 12.2 Å². The van der Waals surface area contributed by atoms with Gasteiger partial charge in [0, 0.05) is 0 Å². The Balaban J connectivity index is 1.99. The third-order valence-corrected chi connectivity index (χ3v) is 2.84. The maximum atomic E-state index is 5.79. The lowest BCUT2D eigenvalue weighted by molar-refractivity contribution is 0.0479. The molecule has 0 N–H and O–H groups in total. The molecule has 0 aromatic carbocycles. The molecule has 0 amide bonds. The molecule has 2 heterocycles. The van der Waals surface area contributed by atoms with Crippen LogP contribution in [0.15, 0.2) is 0 Å². The van der Waals surface area contributed by atoms with Gasteiger partial charge in [-0.25, -0.2) is 0 Å². The molecule has 2 unspecified atom stereocenters. The second-order valence-electron chi connectivity index (χ2n) is 3.88. The van der Waals surface area contributed by atoms with Gasteiger partial charge >= 0.3 is 0 Å². The van der Waals surface area contributed by atoms with Crippen molar-refractivity contribution in [1.29, 1.82) is 0 Å². The van der Waals surface area contributed by atoms with Gasteiger partial charge in [-0.2, -0.15) is 0 Å². The van der Waals surface area contributed by atoms with E-state index in [0.717, 1.165) is 5.92 Å². The van der Waals surface area contributed by atoms with Crippen molar-refractivity contribution in [2.75, 3.05) is 0 Å². The lowest BCUT2D eigenvalue weighted by Crippen LogP contribution is -2.07. The minimum absolute atomic E-state index is 0.627. The van der Waals surface area contributed by atoms with E-state index < -0.39 is 0 Å². The zero-order valence-corrected chi connectivity index (χ0v) is 6.68. The molecule has 2 rings (SSSR count). The summed E-state index contributed by atoms with van der Waals surface area (Å²) < 4.78 is 5.79. The van der Waals surface area contributed by atoms with Gasteiger partial charge in [-0.3, -0.25) is 0 Å². The summed E-state index contributed by atoms with van der Waals surface area (Å²) in [5.74, 6) is 0.912. The zero-order chi connectivity index (χ0) is 6.97. The summed E-state index contributed by atoms with van der Waals surface area (Å²) in [6.07, 6.45) is 7.94. The summed E-state index contributed by atoms with van der Waals surface area (Å²) in [4.78, 5) is 0. The van der Waals surface area contributed by atoms with Crippen LogP contribution in [0.25, 0.3) is 0 Å². The van der Waals surface area contributed by atoms with Crippen molar-refractivity contribution in [2.45, 2.75) is 51.2 Å². The fraction of sp³-hybridized carbons (Fsp3) is 1.00. The van der Waals surface area contributed by atoms with E-state index in [1.165, 1.54) is 32.1 Å². The summed E-state index contributed by atoms with van der Waals surface area (Å²) in [5, 5.41) is 0. The Morgan fingerprint density at radius 2 is 1.70 bits per heavy atom. The van der Waals surface area contributed by atoms with Crippen molar-refractivity contribution in [1.82, 2.24) is 0 Å². The van der Waals surface area contributed by atoms with Gasteiger partial charge in [-0.15, -0.1) is 0 Å².